The van der Waals surface area contributed by atoms with Crippen molar-refractivity contribution in [2.24, 2.45) is 0 Å². The molecule has 0 aliphatic rings. The molecule has 188 valence electrons. The van der Waals surface area contributed by atoms with Crippen LogP contribution >= 0.6 is 0 Å². The number of rotatable bonds is 10. The zero-order valence-corrected chi connectivity index (χ0v) is 19.9. The first-order valence-corrected chi connectivity index (χ1v) is 11.1. The van der Waals surface area contributed by atoms with E-state index in [1.54, 1.807) is 62.8 Å². The SMILES string of the molecule is COc1ccc(NC(=O)NCCCN(C(=O)Nc2ccc([N+](=O)[O-])cc2)c2ccc(OC)cc2)cc1. The minimum absolute atomic E-state index is 0.0704. The Morgan fingerprint density at radius 3 is 1.92 bits per heavy atom. The summed E-state index contributed by atoms with van der Waals surface area (Å²) in [4.78, 5) is 37.1. The molecule has 4 amide bonds. The Labute approximate surface area is 208 Å². The number of hydrogen-bond donors (Lipinski definition) is 3. The average molecular weight is 494 g/mol. The molecule has 0 bridgehead atoms. The van der Waals surface area contributed by atoms with E-state index in [0.29, 0.717) is 48.1 Å². The highest BCUT2D eigenvalue weighted by atomic mass is 16.6. The normalized spacial score (nSPS) is 10.2. The quantitative estimate of drug-likeness (QED) is 0.210. The van der Waals surface area contributed by atoms with Gasteiger partial charge in [0.2, 0.25) is 0 Å². The van der Waals surface area contributed by atoms with Crippen LogP contribution in [0, 0.1) is 10.1 Å². The van der Waals surface area contributed by atoms with Crippen LogP contribution in [0.2, 0.25) is 0 Å². The molecule has 0 aliphatic carbocycles. The molecular formula is C25H27N5O6. The molecule has 0 unspecified atom stereocenters. The molecular weight excluding hydrogens is 466 g/mol. The maximum atomic E-state index is 13.0. The molecule has 11 heteroatoms. The Bertz CT molecular complexity index is 1170. The van der Waals surface area contributed by atoms with Crippen molar-refractivity contribution in [3.63, 3.8) is 0 Å². The van der Waals surface area contributed by atoms with Crippen LogP contribution in [0.15, 0.2) is 72.8 Å². The minimum Gasteiger partial charge on any atom is -0.497 e. The van der Waals surface area contributed by atoms with Gasteiger partial charge in [-0.25, -0.2) is 9.59 Å². The number of benzene rings is 3. The summed E-state index contributed by atoms with van der Waals surface area (Å²) in [6.07, 6.45) is 0.468. The van der Waals surface area contributed by atoms with Gasteiger partial charge in [0, 0.05) is 42.3 Å². The molecule has 11 nitrogen and oxygen atoms in total. The zero-order valence-electron chi connectivity index (χ0n) is 19.9. The second-order valence-corrected chi connectivity index (χ2v) is 7.55. The number of methoxy groups -OCH3 is 2. The Kier molecular flexibility index (Phi) is 9.04. The van der Waals surface area contributed by atoms with Crippen LogP contribution < -0.4 is 30.3 Å². The monoisotopic (exact) mass is 493 g/mol. The van der Waals surface area contributed by atoms with E-state index in [-0.39, 0.29) is 11.7 Å². The molecule has 0 aromatic heterocycles. The Morgan fingerprint density at radius 1 is 0.833 bits per heavy atom. The molecule has 0 heterocycles. The fourth-order valence-corrected chi connectivity index (χ4v) is 3.26. The van der Waals surface area contributed by atoms with Crippen LogP contribution in [-0.2, 0) is 0 Å². The van der Waals surface area contributed by atoms with E-state index in [0.717, 1.165) is 0 Å². The average Bonchev–Trinajstić information content (AvgIpc) is 2.89. The van der Waals surface area contributed by atoms with E-state index >= 15 is 0 Å². The maximum absolute atomic E-state index is 13.0. The molecule has 0 saturated carbocycles. The van der Waals surface area contributed by atoms with Gasteiger partial charge < -0.3 is 25.4 Å². The van der Waals surface area contributed by atoms with E-state index in [2.05, 4.69) is 16.0 Å². The lowest BCUT2D eigenvalue weighted by molar-refractivity contribution is -0.384. The van der Waals surface area contributed by atoms with Crippen LogP contribution in [0.25, 0.3) is 0 Å². The van der Waals surface area contributed by atoms with E-state index in [1.807, 2.05) is 0 Å². The van der Waals surface area contributed by atoms with Crippen molar-refractivity contribution in [1.82, 2.24) is 5.32 Å². The van der Waals surface area contributed by atoms with Gasteiger partial charge in [-0.1, -0.05) is 0 Å². The standard InChI is InChI=1S/C25H27N5O6/c1-35-22-12-6-18(7-13-22)27-24(31)26-16-3-17-29(20-10-14-23(36-2)15-11-20)25(32)28-19-4-8-21(9-5-19)30(33)34/h4-15H,3,16-17H2,1-2H3,(H,28,32)(H2,26,27,31). The predicted molar refractivity (Wildman–Crippen MR) is 137 cm³/mol. The minimum atomic E-state index is -0.507. The first-order valence-electron chi connectivity index (χ1n) is 11.1. The topological polar surface area (TPSA) is 135 Å². The number of carbonyl (C=O) groups excluding carboxylic acids is 2. The lowest BCUT2D eigenvalue weighted by atomic mass is 10.2. The number of nitro groups is 1. The van der Waals surface area contributed by atoms with Crippen LogP contribution in [0.1, 0.15) is 6.42 Å². The van der Waals surface area contributed by atoms with Gasteiger partial charge in [-0.2, -0.15) is 0 Å². The second-order valence-electron chi connectivity index (χ2n) is 7.55. The first kappa shape index (κ1) is 25.8. The molecule has 0 atom stereocenters. The number of urea groups is 2. The third-order valence-corrected chi connectivity index (χ3v) is 5.15. The molecule has 3 N–H and O–H groups in total. The molecule has 0 radical (unpaired) electrons. The van der Waals surface area contributed by atoms with Crippen molar-refractivity contribution in [2.45, 2.75) is 6.42 Å². The summed E-state index contributed by atoms with van der Waals surface area (Å²) in [5.74, 6) is 1.33. The maximum Gasteiger partial charge on any atom is 0.326 e. The van der Waals surface area contributed by atoms with Gasteiger partial charge in [-0.15, -0.1) is 0 Å². The van der Waals surface area contributed by atoms with Gasteiger partial charge >= 0.3 is 12.1 Å². The van der Waals surface area contributed by atoms with Crippen LogP contribution in [0.5, 0.6) is 11.5 Å². The molecule has 36 heavy (non-hydrogen) atoms. The summed E-state index contributed by atoms with van der Waals surface area (Å²) in [6, 6.07) is 18.7. The number of carbonyl (C=O) groups is 2. The van der Waals surface area contributed by atoms with E-state index in [4.69, 9.17) is 9.47 Å². The van der Waals surface area contributed by atoms with Gasteiger partial charge in [0.25, 0.3) is 5.69 Å². The summed E-state index contributed by atoms with van der Waals surface area (Å²) < 4.78 is 10.3. The largest absolute Gasteiger partial charge is 0.497 e. The molecule has 0 saturated heterocycles. The smallest absolute Gasteiger partial charge is 0.326 e. The highest BCUT2D eigenvalue weighted by molar-refractivity contribution is 6.01. The molecule has 0 fully saturated rings. The van der Waals surface area contributed by atoms with Crippen molar-refractivity contribution in [2.75, 3.05) is 42.8 Å². The number of non-ortho nitro benzene ring substituents is 1. The van der Waals surface area contributed by atoms with Gasteiger partial charge in [0.1, 0.15) is 11.5 Å². The highest BCUT2D eigenvalue weighted by Gasteiger charge is 2.17. The van der Waals surface area contributed by atoms with E-state index in [9.17, 15) is 19.7 Å². The molecule has 0 aliphatic heterocycles. The summed E-state index contributed by atoms with van der Waals surface area (Å²) in [5.41, 5.74) is 1.59. The van der Waals surface area contributed by atoms with Crippen LogP contribution in [0.4, 0.5) is 32.3 Å². The molecule has 3 aromatic carbocycles. The lowest BCUT2D eigenvalue weighted by Crippen LogP contribution is -2.38. The highest BCUT2D eigenvalue weighted by Crippen LogP contribution is 2.22. The van der Waals surface area contributed by atoms with Crippen LogP contribution in [0.3, 0.4) is 0 Å². The van der Waals surface area contributed by atoms with Crippen molar-refractivity contribution in [1.29, 1.82) is 0 Å². The predicted octanol–water partition coefficient (Wildman–Crippen LogP) is 4.86. The number of nitro benzene ring substituents is 1. The Balaban J connectivity index is 1.59. The third kappa shape index (κ3) is 7.35. The number of hydrogen-bond acceptors (Lipinski definition) is 6. The number of amides is 4. The van der Waals surface area contributed by atoms with Gasteiger partial charge in [0.05, 0.1) is 19.1 Å². The number of anilines is 3. The Hall–Kier alpha value is -4.80. The van der Waals surface area contributed by atoms with E-state index in [1.165, 1.54) is 29.2 Å². The second kappa shape index (κ2) is 12.6. The molecule has 0 spiro atoms. The van der Waals surface area contributed by atoms with Crippen molar-refractivity contribution in [3.8, 4) is 11.5 Å². The lowest BCUT2D eigenvalue weighted by Gasteiger charge is -2.23. The fraction of sp³-hybridized carbons (Fsp3) is 0.200. The number of ether oxygens (including phenoxy) is 2. The third-order valence-electron chi connectivity index (χ3n) is 5.15. The number of nitrogens with one attached hydrogen (secondary N) is 3. The van der Waals surface area contributed by atoms with Gasteiger partial charge in [0.15, 0.2) is 0 Å². The summed E-state index contributed by atoms with van der Waals surface area (Å²) in [5, 5.41) is 19.1. The first-order chi connectivity index (χ1) is 17.4. The molecule has 3 aromatic rings. The zero-order chi connectivity index (χ0) is 25.9. The van der Waals surface area contributed by atoms with Gasteiger partial charge in [-0.3, -0.25) is 15.0 Å². The van der Waals surface area contributed by atoms with Crippen molar-refractivity contribution in [3.05, 3.63) is 82.9 Å². The van der Waals surface area contributed by atoms with Crippen molar-refractivity contribution >= 4 is 34.8 Å². The summed E-state index contributed by atoms with van der Waals surface area (Å²) in [7, 11) is 3.12. The Morgan fingerprint density at radius 2 is 1.36 bits per heavy atom. The van der Waals surface area contributed by atoms with Crippen molar-refractivity contribution < 1.29 is 24.0 Å². The number of nitrogens with zero attached hydrogens (tertiary/aromatic N) is 2. The molecule has 3 rings (SSSR count). The summed E-state index contributed by atoms with van der Waals surface area (Å²) in [6.45, 7) is 0.618. The van der Waals surface area contributed by atoms with Crippen LogP contribution in [-0.4, -0.2) is 44.3 Å². The fourth-order valence-electron chi connectivity index (χ4n) is 3.26. The summed E-state index contributed by atoms with van der Waals surface area (Å²) >= 11 is 0. The van der Waals surface area contributed by atoms with E-state index < -0.39 is 11.0 Å². The van der Waals surface area contributed by atoms with Gasteiger partial charge in [-0.05, 0) is 67.1 Å².